The predicted molar refractivity (Wildman–Crippen MR) is 109 cm³/mol. The van der Waals surface area contributed by atoms with Crippen LogP contribution in [0.25, 0.3) is 0 Å². The van der Waals surface area contributed by atoms with Gasteiger partial charge in [0.1, 0.15) is 5.60 Å². The largest absolute Gasteiger partial charge is 0.534 e. The molecule has 0 atom stereocenters. The van der Waals surface area contributed by atoms with Crippen LogP contribution in [-0.4, -0.2) is 48.3 Å². The van der Waals surface area contributed by atoms with E-state index in [1.165, 1.54) is 14.8 Å². The Morgan fingerprint density at radius 3 is 2.32 bits per heavy atom. The topological polar surface area (TPSA) is 59.1 Å². The maximum absolute atomic E-state index is 12.5. The molecule has 2 fully saturated rings. The van der Waals surface area contributed by atoms with Crippen molar-refractivity contribution in [3.63, 3.8) is 0 Å². The highest BCUT2D eigenvalue weighted by atomic mass is 32.1. The predicted octanol–water partition coefficient (Wildman–Crippen LogP) is 4.47. The smallest absolute Gasteiger partial charge is 0.427 e. The molecule has 3 rings (SSSR count). The highest BCUT2D eigenvalue weighted by molar-refractivity contribution is 7.12. The van der Waals surface area contributed by atoms with Crippen LogP contribution in [-0.2, 0) is 19.9 Å². The number of carbonyl (C=O) groups is 2. The van der Waals surface area contributed by atoms with Crippen molar-refractivity contribution < 1.29 is 19.2 Å². The molecule has 0 bridgehead atoms. The molecule has 28 heavy (non-hydrogen) atoms. The van der Waals surface area contributed by atoms with E-state index in [2.05, 4.69) is 38.1 Å². The van der Waals surface area contributed by atoms with E-state index in [-0.39, 0.29) is 16.9 Å². The number of aryl methyl sites for hydroxylation is 1. The van der Waals surface area contributed by atoms with Crippen molar-refractivity contribution in [2.75, 3.05) is 20.6 Å². The molecule has 156 valence electrons. The maximum Gasteiger partial charge on any atom is 0.534 e. The Morgan fingerprint density at radius 2 is 1.82 bits per heavy atom. The minimum absolute atomic E-state index is 0.0205. The molecule has 2 heterocycles. The van der Waals surface area contributed by atoms with Gasteiger partial charge in [0.05, 0.1) is 12.1 Å². The van der Waals surface area contributed by atoms with Crippen LogP contribution in [0.4, 0.5) is 4.79 Å². The Bertz CT molecular complexity index is 742. The van der Waals surface area contributed by atoms with Gasteiger partial charge in [-0.1, -0.05) is 0 Å². The summed E-state index contributed by atoms with van der Waals surface area (Å²) < 4.78 is 5.19. The van der Waals surface area contributed by atoms with Crippen molar-refractivity contribution >= 4 is 23.4 Å². The summed E-state index contributed by atoms with van der Waals surface area (Å²) in [5, 5.41) is 1.21. The molecule has 0 radical (unpaired) electrons. The summed E-state index contributed by atoms with van der Waals surface area (Å²) in [6.07, 6.45) is 3.47. The van der Waals surface area contributed by atoms with Crippen LogP contribution in [0, 0.1) is 12.3 Å². The van der Waals surface area contributed by atoms with Crippen molar-refractivity contribution in [3.8, 4) is 0 Å². The van der Waals surface area contributed by atoms with Gasteiger partial charge < -0.3 is 9.57 Å². The highest BCUT2D eigenvalue weighted by Crippen LogP contribution is 2.53. The van der Waals surface area contributed by atoms with Crippen molar-refractivity contribution in [1.82, 2.24) is 9.96 Å². The minimum Gasteiger partial charge on any atom is -0.427 e. The molecule has 1 aromatic rings. The van der Waals surface area contributed by atoms with Crippen molar-refractivity contribution in [1.29, 1.82) is 0 Å². The lowest BCUT2D eigenvalue weighted by atomic mass is 9.66. The zero-order valence-electron chi connectivity index (χ0n) is 17.8. The SMILES string of the molecule is Cc1ccc(C2(N(C)C)CCC3(CC2)CC(=O)N(OC(=O)OC(C)(C)C)C3)s1. The van der Waals surface area contributed by atoms with Gasteiger partial charge in [-0.25, -0.2) is 4.79 Å². The summed E-state index contributed by atoms with van der Waals surface area (Å²) >= 11 is 1.86. The summed E-state index contributed by atoms with van der Waals surface area (Å²) in [6, 6.07) is 4.43. The number of thiophene rings is 1. The van der Waals surface area contributed by atoms with Crippen LogP contribution in [0.15, 0.2) is 12.1 Å². The fraction of sp³-hybridized carbons (Fsp3) is 0.714. The molecule has 1 saturated heterocycles. The van der Waals surface area contributed by atoms with E-state index in [9.17, 15) is 9.59 Å². The monoisotopic (exact) mass is 408 g/mol. The van der Waals surface area contributed by atoms with E-state index >= 15 is 0 Å². The lowest BCUT2D eigenvalue weighted by Crippen LogP contribution is -2.47. The third kappa shape index (κ3) is 4.20. The van der Waals surface area contributed by atoms with E-state index in [0.29, 0.717) is 13.0 Å². The normalized spacial score (nSPS) is 28.2. The van der Waals surface area contributed by atoms with E-state index < -0.39 is 11.8 Å². The van der Waals surface area contributed by atoms with Crippen LogP contribution < -0.4 is 0 Å². The number of ether oxygens (including phenoxy) is 1. The molecule has 1 saturated carbocycles. The van der Waals surface area contributed by atoms with Gasteiger partial charge in [0.25, 0.3) is 5.91 Å². The first-order chi connectivity index (χ1) is 12.9. The molecule has 7 heteroatoms. The summed E-state index contributed by atoms with van der Waals surface area (Å²) in [5.74, 6) is -0.129. The van der Waals surface area contributed by atoms with Gasteiger partial charge in [0.2, 0.25) is 0 Å². The molecular weight excluding hydrogens is 376 g/mol. The number of hydrogen-bond donors (Lipinski definition) is 0. The fourth-order valence-corrected chi connectivity index (χ4v) is 5.62. The summed E-state index contributed by atoms with van der Waals surface area (Å²) in [7, 11) is 4.29. The number of carbonyl (C=O) groups excluding carboxylic acids is 2. The van der Waals surface area contributed by atoms with Gasteiger partial charge in [-0.3, -0.25) is 9.69 Å². The third-order valence-corrected chi connectivity index (χ3v) is 7.24. The Balaban J connectivity index is 1.68. The van der Waals surface area contributed by atoms with Crippen LogP contribution in [0.5, 0.6) is 0 Å². The van der Waals surface area contributed by atoms with Crippen molar-refractivity contribution in [3.05, 3.63) is 21.9 Å². The van der Waals surface area contributed by atoms with Gasteiger partial charge in [0.15, 0.2) is 0 Å². The second-order valence-corrected chi connectivity index (χ2v) is 10.8. The Labute approximate surface area is 171 Å². The third-order valence-electron chi connectivity index (χ3n) is 6.05. The Hall–Kier alpha value is -1.60. The van der Waals surface area contributed by atoms with Crippen molar-refractivity contribution in [2.24, 2.45) is 5.41 Å². The second-order valence-electron chi connectivity index (χ2n) is 9.50. The lowest BCUT2D eigenvalue weighted by molar-refractivity contribution is -0.170. The second kappa shape index (κ2) is 7.34. The number of amides is 1. The number of rotatable bonds is 3. The van der Waals surface area contributed by atoms with Crippen LogP contribution in [0.1, 0.15) is 62.6 Å². The molecule has 1 spiro atoms. The van der Waals surface area contributed by atoms with Gasteiger partial charge in [-0.05, 0) is 79.6 Å². The lowest BCUT2D eigenvalue weighted by Gasteiger charge is -2.47. The molecule has 0 aromatic carbocycles. The fourth-order valence-electron chi connectivity index (χ4n) is 4.43. The first-order valence-electron chi connectivity index (χ1n) is 9.90. The molecule has 1 amide bonds. The number of hydroxylamine groups is 2. The molecule has 1 aromatic heterocycles. The summed E-state index contributed by atoms with van der Waals surface area (Å²) in [6.45, 7) is 7.92. The Kier molecular flexibility index (Phi) is 5.53. The Morgan fingerprint density at radius 1 is 1.18 bits per heavy atom. The van der Waals surface area contributed by atoms with Crippen LogP contribution in [0.3, 0.4) is 0 Å². The average molecular weight is 409 g/mol. The molecule has 1 aliphatic carbocycles. The molecular formula is C21H32N2O4S. The van der Waals surface area contributed by atoms with Gasteiger partial charge >= 0.3 is 6.16 Å². The molecule has 6 nitrogen and oxygen atoms in total. The standard InChI is InChI=1S/C21H32N2O4S/c1-15-7-8-16(28-15)21(22(5)6)11-9-20(10-12-21)13-17(24)23(14-20)27-18(25)26-19(2,3)4/h7-8H,9-14H2,1-6H3. The maximum atomic E-state index is 12.5. The summed E-state index contributed by atoms with van der Waals surface area (Å²) in [4.78, 5) is 34.8. The molecule has 1 aliphatic heterocycles. The van der Waals surface area contributed by atoms with Gasteiger partial charge in [-0.2, -0.15) is 5.06 Å². The van der Waals surface area contributed by atoms with E-state index in [1.54, 1.807) is 20.8 Å². The molecule has 0 N–H and O–H groups in total. The first-order valence-corrected chi connectivity index (χ1v) is 10.7. The highest BCUT2D eigenvalue weighted by Gasteiger charge is 2.51. The minimum atomic E-state index is -0.814. The zero-order valence-corrected chi connectivity index (χ0v) is 18.6. The first kappa shape index (κ1) is 21.1. The quantitative estimate of drug-likeness (QED) is 0.691. The zero-order chi connectivity index (χ0) is 20.7. The van der Waals surface area contributed by atoms with Gasteiger partial charge in [-0.15, -0.1) is 11.3 Å². The van der Waals surface area contributed by atoms with Gasteiger partial charge in [0, 0.05) is 21.6 Å². The van der Waals surface area contributed by atoms with Crippen LogP contribution in [0.2, 0.25) is 0 Å². The van der Waals surface area contributed by atoms with E-state index in [4.69, 9.17) is 9.57 Å². The van der Waals surface area contributed by atoms with Crippen LogP contribution >= 0.6 is 11.3 Å². The summed E-state index contributed by atoms with van der Waals surface area (Å²) in [5.41, 5.74) is -0.746. The van der Waals surface area contributed by atoms with E-state index in [0.717, 1.165) is 25.7 Å². The number of hydrogen-bond acceptors (Lipinski definition) is 6. The molecule has 0 unspecified atom stereocenters. The van der Waals surface area contributed by atoms with Crippen molar-refractivity contribution in [2.45, 2.75) is 70.9 Å². The van der Waals surface area contributed by atoms with E-state index in [1.807, 2.05) is 11.3 Å². The molecule has 2 aliphatic rings. The average Bonchev–Trinajstić information content (AvgIpc) is 3.11. The number of nitrogens with zero attached hydrogens (tertiary/aromatic N) is 2.